The van der Waals surface area contributed by atoms with E-state index < -0.39 is 6.17 Å². The monoisotopic (exact) mass is 382 g/mol. The molecule has 3 nitrogen and oxygen atoms in total. The van der Waals surface area contributed by atoms with Gasteiger partial charge in [-0.1, -0.05) is 25.4 Å². The lowest BCUT2D eigenvalue weighted by Gasteiger charge is -2.59. The van der Waals surface area contributed by atoms with Gasteiger partial charge < -0.3 is 4.74 Å². The first-order valence-electron chi connectivity index (χ1n) is 9.92. The first-order chi connectivity index (χ1) is 12.2. The van der Waals surface area contributed by atoms with E-state index in [1.54, 1.807) is 0 Å². The van der Waals surface area contributed by atoms with Crippen LogP contribution in [0.15, 0.2) is 10.6 Å². The molecule has 144 valence electrons. The lowest BCUT2D eigenvalue weighted by Crippen LogP contribution is -2.56. The van der Waals surface area contributed by atoms with Crippen LogP contribution >= 0.6 is 11.6 Å². The van der Waals surface area contributed by atoms with Gasteiger partial charge in [-0.05, 0) is 61.3 Å². The highest BCUT2D eigenvalue weighted by molar-refractivity contribution is 6.43. The molecule has 0 unspecified atom stereocenters. The van der Waals surface area contributed by atoms with Crippen LogP contribution in [0.1, 0.15) is 65.7 Å². The van der Waals surface area contributed by atoms with E-state index in [1.807, 2.05) is 0 Å². The molecule has 0 aromatic carbocycles. The summed E-state index contributed by atoms with van der Waals surface area (Å²) in [6.07, 6.45) is 3.93. The van der Waals surface area contributed by atoms with Crippen LogP contribution in [0.2, 0.25) is 0 Å². The number of allylic oxidation sites excluding steroid dienone is 1. The third kappa shape index (κ3) is 2.43. The van der Waals surface area contributed by atoms with Crippen LogP contribution in [-0.2, 0) is 14.3 Å². The van der Waals surface area contributed by atoms with Crippen molar-refractivity contribution in [1.82, 2.24) is 0 Å². The fourth-order valence-electron chi connectivity index (χ4n) is 7.05. The van der Waals surface area contributed by atoms with E-state index in [9.17, 15) is 9.59 Å². The Kier molecular flexibility index (Phi) is 4.30. The number of ketones is 1. The number of Topliss-reactive ketones (excluding diaryl/α,β-unsaturated/α-hetero) is 1. The quantitative estimate of drug-likeness (QED) is 0.601. The molecule has 4 aliphatic rings. The molecule has 0 spiro atoms. The third-order valence-electron chi connectivity index (χ3n) is 8.17. The molecule has 4 rings (SSSR count). The highest BCUT2D eigenvalue weighted by Gasteiger charge is 2.63. The SMILES string of the molecule is CC(=O)O[C@H]1CC[C@H]2[C@@H]3CCC4=C(Cl)C(=O)CC[C@]4(C)[C@H]3[C@@H](F)C[C@]12C. The van der Waals surface area contributed by atoms with Crippen LogP contribution in [0.4, 0.5) is 4.39 Å². The summed E-state index contributed by atoms with van der Waals surface area (Å²) in [7, 11) is 0. The lowest BCUT2D eigenvalue weighted by molar-refractivity contribution is -0.162. The predicted molar refractivity (Wildman–Crippen MR) is 97.3 cm³/mol. The number of rotatable bonds is 1. The largest absolute Gasteiger partial charge is 0.462 e. The van der Waals surface area contributed by atoms with Gasteiger partial charge >= 0.3 is 5.97 Å². The van der Waals surface area contributed by atoms with Crippen LogP contribution < -0.4 is 0 Å². The Labute approximate surface area is 159 Å². The van der Waals surface area contributed by atoms with Gasteiger partial charge in [-0.2, -0.15) is 0 Å². The van der Waals surface area contributed by atoms with Crippen molar-refractivity contribution >= 4 is 23.4 Å². The number of carbonyl (C=O) groups is 2. The smallest absolute Gasteiger partial charge is 0.302 e. The molecule has 5 heteroatoms. The van der Waals surface area contributed by atoms with E-state index in [-0.39, 0.29) is 40.5 Å². The molecule has 0 heterocycles. The Balaban J connectivity index is 1.70. The Morgan fingerprint density at radius 2 is 1.96 bits per heavy atom. The minimum atomic E-state index is -0.949. The van der Waals surface area contributed by atoms with E-state index in [0.717, 1.165) is 31.3 Å². The Bertz CT molecular complexity index is 689. The van der Waals surface area contributed by atoms with Gasteiger partial charge in [0.2, 0.25) is 0 Å². The minimum Gasteiger partial charge on any atom is -0.462 e. The second kappa shape index (κ2) is 6.05. The van der Waals surface area contributed by atoms with E-state index in [2.05, 4.69) is 13.8 Å². The van der Waals surface area contributed by atoms with Crippen molar-refractivity contribution in [3.8, 4) is 0 Å². The molecule has 26 heavy (non-hydrogen) atoms. The van der Waals surface area contributed by atoms with Crippen LogP contribution in [0.3, 0.4) is 0 Å². The zero-order valence-electron chi connectivity index (χ0n) is 15.8. The van der Waals surface area contributed by atoms with Crippen LogP contribution in [0, 0.1) is 28.6 Å². The van der Waals surface area contributed by atoms with Crippen LogP contribution in [0.25, 0.3) is 0 Å². The van der Waals surface area contributed by atoms with Crippen molar-refractivity contribution in [2.45, 2.75) is 78.0 Å². The zero-order chi connectivity index (χ0) is 18.9. The van der Waals surface area contributed by atoms with Gasteiger partial charge in [-0.25, -0.2) is 4.39 Å². The molecular weight excluding hydrogens is 355 g/mol. The molecule has 0 radical (unpaired) electrons. The van der Waals surface area contributed by atoms with Crippen molar-refractivity contribution in [2.75, 3.05) is 0 Å². The summed E-state index contributed by atoms with van der Waals surface area (Å²) in [5, 5.41) is 0.377. The molecule has 0 aromatic heterocycles. The van der Waals surface area contributed by atoms with Gasteiger partial charge in [0.1, 0.15) is 12.3 Å². The summed E-state index contributed by atoms with van der Waals surface area (Å²) in [5.41, 5.74) is 0.407. The Hall–Kier alpha value is -0.900. The average Bonchev–Trinajstić information content (AvgIpc) is 2.86. The first kappa shape index (κ1) is 18.5. The topological polar surface area (TPSA) is 43.4 Å². The molecule has 0 N–H and O–H groups in total. The number of hydrogen-bond acceptors (Lipinski definition) is 3. The summed E-state index contributed by atoms with van der Waals surface area (Å²) < 4.78 is 21.3. The summed E-state index contributed by atoms with van der Waals surface area (Å²) in [6.45, 7) is 5.68. The van der Waals surface area contributed by atoms with E-state index >= 15 is 4.39 Å². The molecule has 7 atom stereocenters. The van der Waals surface area contributed by atoms with Gasteiger partial charge in [0.15, 0.2) is 5.78 Å². The lowest BCUT2D eigenvalue weighted by atomic mass is 9.47. The maximum absolute atomic E-state index is 15.7. The molecule has 4 aliphatic carbocycles. The number of esters is 1. The summed E-state index contributed by atoms with van der Waals surface area (Å²) in [6, 6.07) is 0. The van der Waals surface area contributed by atoms with E-state index in [1.165, 1.54) is 6.92 Å². The predicted octanol–water partition coefficient (Wildman–Crippen LogP) is 4.96. The highest BCUT2D eigenvalue weighted by Crippen LogP contribution is 2.66. The third-order valence-corrected chi connectivity index (χ3v) is 8.61. The van der Waals surface area contributed by atoms with Crippen LogP contribution in [-0.4, -0.2) is 24.0 Å². The fourth-order valence-corrected chi connectivity index (χ4v) is 7.46. The Morgan fingerprint density at radius 1 is 1.23 bits per heavy atom. The van der Waals surface area contributed by atoms with Crippen molar-refractivity contribution in [2.24, 2.45) is 28.6 Å². The van der Waals surface area contributed by atoms with Crippen LogP contribution in [0.5, 0.6) is 0 Å². The van der Waals surface area contributed by atoms with Crippen molar-refractivity contribution in [3.63, 3.8) is 0 Å². The number of ether oxygens (including phenoxy) is 1. The number of carbonyl (C=O) groups excluding carboxylic acids is 2. The van der Waals surface area contributed by atoms with E-state index in [0.29, 0.717) is 30.2 Å². The fraction of sp³-hybridized carbons (Fsp3) is 0.810. The minimum absolute atomic E-state index is 0.0180. The van der Waals surface area contributed by atoms with Gasteiger partial charge in [0, 0.05) is 24.7 Å². The van der Waals surface area contributed by atoms with Gasteiger partial charge in [-0.3, -0.25) is 9.59 Å². The average molecular weight is 383 g/mol. The molecule has 0 bridgehead atoms. The summed E-state index contributed by atoms with van der Waals surface area (Å²) in [4.78, 5) is 23.6. The normalized spacial score (nSPS) is 47.9. The maximum Gasteiger partial charge on any atom is 0.302 e. The molecular formula is C21H28ClFO3. The maximum atomic E-state index is 15.7. The second-order valence-electron chi connectivity index (χ2n) is 9.37. The molecule has 0 amide bonds. The zero-order valence-corrected chi connectivity index (χ0v) is 16.6. The highest BCUT2D eigenvalue weighted by atomic mass is 35.5. The summed E-state index contributed by atoms with van der Waals surface area (Å²) in [5.74, 6) is 0.314. The van der Waals surface area contributed by atoms with Crippen molar-refractivity contribution in [3.05, 3.63) is 10.6 Å². The molecule has 0 saturated heterocycles. The van der Waals surface area contributed by atoms with Crippen molar-refractivity contribution < 1.29 is 18.7 Å². The first-order valence-corrected chi connectivity index (χ1v) is 10.3. The molecule has 0 aliphatic heterocycles. The molecule has 0 aromatic rings. The number of hydrogen-bond donors (Lipinski definition) is 0. The summed E-state index contributed by atoms with van der Waals surface area (Å²) >= 11 is 6.38. The van der Waals surface area contributed by atoms with E-state index in [4.69, 9.17) is 16.3 Å². The van der Waals surface area contributed by atoms with Gasteiger partial charge in [-0.15, -0.1) is 0 Å². The van der Waals surface area contributed by atoms with Gasteiger partial charge in [0.25, 0.3) is 0 Å². The second-order valence-corrected chi connectivity index (χ2v) is 9.75. The van der Waals surface area contributed by atoms with Gasteiger partial charge in [0.05, 0.1) is 5.03 Å². The van der Waals surface area contributed by atoms with Crippen molar-refractivity contribution in [1.29, 1.82) is 0 Å². The Morgan fingerprint density at radius 3 is 2.65 bits per heavy atom. The number of fused-ring (bicyclic) bond motifs is 5. The standard InChI is InChI=1S/C21H28ClFO3/c1-11(24)26-17-7-6-13-12-4-5-14-19(22)16(25)8-9-20(14,2)18(12)15(23)10-21(13,17)3/h12-13,15,17-18H,4-10H2,1-3H3/t12-,13-,15-,17-,18+,20-,21-/m0/s1. The number of alkyl halides is 1. The molecule has 3 fully saturated rings. The molecule has 3 saturated carbocycles. The number of halogens is 2.